The van der Waals surface area contributed by atoms with Crippen LogP contribution in [0.4, 0.5) is 0 Å². The molecule has 4 heteroatoms. The third-order valence-corrected chi connectivity index (χ3v) is 0. The Morgan fingerprint density at radius 1 is 1.25 bits per heavy atom. The van der Waals surface area contributed by atoms with Gasteiger partial charge in [-0.25, -0.2) is 0 Å². The summed E-state index contributed by atoms with van der Waals surface area (Å²) in [6, 6.07) is 0. The standard InChI is InChI=1S/C4H10.H3O3P/c2*1-4(2)3/h4H,1-3H3;4H,(H2,1,2,3). The van der Waals surface area contributed by atoms with Crippen LogP contribution in [0.2, 0.25) is 0 Å². The zero-order valence-corrected chi connectivity index (χ0v) is 6.38. The molecule has 0 fully saturated rings. The quantitative estimate of drug-likeness (QED) is 0.494. The Bertz CT molecular complexity index is 55.5. The van der Waals surface area contributed by atoms with Crippen LogP contribution in [-0.2, 0) is 4.57 Å². The van der Waals surface area contributed by atoms with Crippen LogP contribution in [0.5, 0.6) is 0 Å². The fourth-order valence-corrected chi connectivity index (χ4v) is 0. The molecule has 0 heterocycles. The van der Waals surface area contributed by atoms with E-state index in [1.807, 2.05) is 0 Å². The summed E-state index contributed by atoms with van der Waals surface area (Å²) >= 11 is 0. The van der Waals surface area contributed by atoms with Crippen molar-refractivity contribution in [1.82, 2.24) is 0 Å². The van der Waals surface area contributed by atoms with Crippen LogP contribution >= 0.6 is 8.25 Å². The van der Waals surface area contributed by atoms with Gasteiger partial charge in [0.05, 0.1) is 0 Å². The monoisotopic (exact) mass is 140 g/mol. The van der Waals surface area contributed by atoms with E-state index in [0.717, 1.165) is 5.92 Å². The minimum Gasteiger partial charge on any atom is -0.326 e. The summed E-state index contributed by atoms with van der Waals surface area (Å²) in [6.07, 6.45) is 0. The van der Waals surface area contributed by atoms with E-state index in [9.17, 15) is 0 Å². The zero-order chi connectivity index (χ0) is 7.15. The highest BCUT2D eigenvalue weighted by molar-refractivity contribution is 7.30. The molecule has 0 rings (SSSR count). The van der Waals surface area contributed by atoms with Gasteiger partial charge in [-0.05, 0) is 5.92 Å². The maximum Gasteiger partial charge on any atom is 0.314 e. The maximum atomic E-state index is 8.74. The Hall–Kier alpha value is 0.150. The van der Waals surface area contributed by atoms with Crippen molar-refractivity contribution in [3.63, 3.8) is 0 Å². The molecule has 2 N–H and O–H groups in total. The van der Waals surface area contributed by atoms with Crippen molar-refractivity contribution in [2.75, 3.05) is 0 Å². The van der Waals surface area contributed by atoms with Gasteiger partial charge in [0.2, 0.25) is 0 Å². The van der Waals surface area contributed by atoms with Crippen molar-refractivity contribution in [1.29, 1.82) is 0 Å². The SMILES string of the molecule is CC(C)C.O=[PH](O)O. The van der Waals surface area contributed by atoms with E-state index in [4.69, 9.17) is 14.4 Å². The minimum absolute atomic E-state index is 0.833. The first-order valence-corrected chi connectivity index (χ1v) is 3.69. The highest BCUT2D eigenvalue weighted by Gasteiger charge is 1.68. The van der Waals surface area contributed by atoms with Crippen LogP contribution in [0.1, 0.15) is 20.8 Å². The molecule has 0 aromatic carbocycles. The van der Waals surface area contributed by atoms with Crippen LogP contribution in [0.25, 0.3) is 0 Å². The average Bonchev–Trinajstić information content (AvgIpc) is 1.25. The van der Waals surface area contributed by atoms with Gasteiger partial charge in [0.15, 0.2) is 0 Å². The van der Waals surface area contributed by atoms with Crippen molar-refractivity contribution in [2.24, 2.45) is 5.92 Å². The summed E-state index contributed by atoms with van der Waals surface area (Å²) < 4.78 is 8.74. The van der Waals surface area contributed by atoms with E-state index < -0.39 is 8.25 Å². The molecule has 0 aromatic rings. The van der Waals surface area contributed by atoms with Gasteiger partial charge >= 0.3 is 8.25 Å². The molecule has 0 amide bonds. The molecule has 8 heavy (non-hydrogen) atoms. The Morgan fingerprint density at radius 2 is 1.25 bits per heavy atom. The highest BCUT2D eigenvalue weighted by Crippen LogP contribution is 1.98. The van der Waals surface area contributed by atoms with Crippen molar-refractivity contribution >= 4 is 8.25 Å². The van der Waals surface area contributed by atoms with Gasteiger partial charge in [-0.3, -0.25) is 4.57 Å². The Balaban J connectivity index is 0. The molecule has 0 saturated heterocycles. The molecule has 52 valence electrons. The summed E-state index contributed by atoms with van der Waals surface area (Å²) in [7, 11) is -3.13. The summed E-state index contributed by atoms with van der Waals surface area (Å²) in [5, 5.41) is 0. The smallest absolute Gasteiger partial charge is 0.314 e. The number of hydrogen-bond acceptors (Lipinski definition) is 1. The van der Waals surface area contributed by atoms with Gasteiger partial charge in [0, 0.05) is 0 Å². The fourth-order valence-electron chi connectivity index (χ4n) is 0. The lowest BCUT2D eigenvalue weighted by Gasteiger charge is -1.79. The third-order valence-electron chi connectivity index (χ3n) is 0. The summed E-state index contributed by atoms with van der Waals surface area (Å²) in [4.78, 5) is 14.3. The Morgan fingerprint density at radius 3 is 1.25 bits per heavy atom. The van der Waals surface area contributed by atoms with Gasteiger partial charge in [0.1, 0.15) is 0 Å². The van der Waals surface area contributed by atoms with Gasteiger partial charge in [-0.1, -0.05) is 20.8 Å². The van der Waals surface area contributed by atoms with Crippen molar-refractivity contribution < 1.29 is 14.4 Å². The largest absolute Gasteiger partial charge is 0.326 e. The highest BCUT2D eigenvalue weighted by atomic mass is 31.1. The molecule has 0 unspecified atom stereocenters. The van der Waals surface area contributed by atoms with Gasteiger partial charge in [0.25, 0.3) is 0 Å². The lowest BCUT2D eigenvalue weighted by molar-refractivity contribution is 0.405. The summed E-state index contributed by atoms with van der Waals surface area (Å²) in [5.74, 6) is 0.833. The first kappa shape index (κ1) is 11.0. The first-order valence-electron chi connectivity index (χ1n) is 2.38. The van der Waals surface area contributed by atoms with Crippen molar-refractivity contribution in [3.8, 4) is 0 Å². The molecule has 0 spiro atoms. The molecule has 0 bridgehead atoms. The molecule has 0 saturated carbocycles. The number of hydrogen-bond donors (Lipinski definition) is 2. The van der Waals surface area contributed by atoms with E-state index in [0.29, 0.717) is 0 Å². The second-order valence-electron chi connectivity index (χ2n) is 2.01. The van der Waals surface area contributed by atoms with Crippen LogP contribution in [0.15, 0.2) is 0 Å². The summed E-state index contributed by atoms with van der Waals surface area (Å²) in [6.45, 7) is 6.50. The second-order valence-corrected chi connectivity index (χ2v) is 2.58. The van der Waals surface area contributed by atoms with E-state index in [-0.39, 0.29) is 0 Å². The Kier molecular flexibility index (Phi) is 9.85. The predicted molar refractivity (Wildman–Crippen MR) is 34.0 cm³/mol. The fraction of sp³-hybridized carbons (Fsp3) is 1.00. The molecular weight excluding hydrogens is 127 g/mol. The van der Waals surface area contributed by atoms with E-state index in [1.165, 1.54) is 0 Å². The Labute approximate surface area is 50.3 Å². The third kappa shape index (κ3) is 7250. The topological polar surface area (TPSA) is 57.5 Å². The molecule has 0 aliphatic rings. The van der Waals surface area contributed by atoms with Crippen LogP contribution in [0.3, 0.4) is 0 Å². The average molecular weight is 140 g/mol. The van der Waals surface area contributed by atoms with Crippen molar-refractivity contribution in [2.45, 2.75) is 20.8 Å². The van der Waals surface area contributed by atoms with E-state index in [1.54, 1.807) is 0 Å². The van der Waals surface area contributed by atoms with Gasteiger partial charge in [-0.2, -0.15) is 0 Å². The van der Waals surface area contributed by atoms with Gasteiger partial charge in [-0.15, -0.1) is 0 Å². The molecular formula is C4H13O3P. The lowest BCUT2D eigenvalue weighted by Crippen LogP contribution is -1.66. The van der Waals surface area contributed by atoms with E-state index >= 15 is 0 Å². The normalized spacial score (nSPS) is 8.88. The number of rotatable bonds is 0. The molecule has 0 atom stereocenters. The van der Waals surface area contributed by atoms with Crippen LogP contribution in [0, 0.1) is 5.92 Å². The summed E-state index contributed by atoms with van der Waals surface area (Å²) in [5.41, 5.74) is 0. The lowest BCUT2D eigenvalue weighted by atomic mass is 10.3. The van der Waals surface area contributed by atoms with Crippen LogP contribution in [-0.4, -0.2) is 9.79 Å². The van der Waals surface area contributed by atoms with Gasteiger partial charge < -0.3 is 9.79 Å². The molecule has 3 nitrogen and oxygen atoms in total. The molecule has 0 aliphatic heterocycles. The van der Waals surface area contributed by atoms with Crippen LogP contribution < -0.4 is 0 Å². The first-order chi connectivity index (χ1) is 3.46. The molecule has 0 radical (unpaired) electrons. The second kappa shape index (κ2) is 7.15. The van der Waals surface area contributed by atoms with E-state index in [2.05, 4.69) is 20.8 Å². The van der Waals surface area contributed by atoms with Crippen molar-refractivity contribution in [3.05, 3.63) is 0 Å². The molecule has 0 aliphatic carbocycles. The molecule has 0 aromatic heterocycles. The maximum absolute atomic E-state index is 8.74. The zero-order valence-electron chi connectivity index (χ0n) is 5.38. The minimum atomic E-state index is -3.13. The predicted octanol–water partition coefficient (Wildman–Crippen LogP) is 1.02.